The first-order chi connectivity index (χ1) is 16.7. The van der Waals surface area contributed by atoms with Gasteiger partial charge in [0.1, 0.15) is 5.75 Å². The number of hydrogen-bond donors (Lipinski definition) is 0. The van der Waals surface area contributed by atoms with Crippen LogP contribution in [0, 0.1) is 13.8 Å². The minimum Gasteiger partial charge on any atom is -0.491 e. The Morgan fingerprint density at radius 1 is 1.11 bits per heavy atom. The number of nitrogens with zero attached hydrogens (tertiary/aromatic N) is 3. The summed E-state index contributed by atoms with van der Waals surface area (Å²) in [5.74, 6) is 1.25. The van der Waals surface area contributed by atoms with E-state index in [4.69, 9.17) is 9.26 Å². The van der Waals surface area contributed by atoms with Gasteiger partial charge in [-0.15, -0.1) is 0 Å². The van der Waals surface area contributed by atoms with Gasteiger partial charge in [-0.2, -0.15) is 0 Å². The molecule has 0 fully saturated rings. The highest BCUT2D eigenvalue weighted by Crippen LogP contribution is 2.37. The number of ketones is 1. The molecule has 0 saturated carbocycles. The standard InChI is InChI=1S/C28H29N3O4/c1-16(2)34-21-11-13-22-19(14-21)8-12-23-26(29-35-27(22)23)25(32)15-24-18(4)30(5)31(28(24)33)20-9-6-17(3)7-10-20/h6-7,9-11,13-14,16H,8,12,15H2,1-5H3. The molecule has 4 aromatic rings. The number of fused-ring (bicyclic) bond motifs is 3. The van der Waals surface area contributed by atoms with Gasteiger partial charge in [0.15, 0.2) is 17.2 Å². The normalized spacial score (nSPS) is 12.5. The van der Waals surface area contributed by atoms with Crippen molar-refractivity contribution in [3.05, 3.63) is 86.5 Å². The van der Waals surface area contributed by atoms with E-state index in [1.807, 2.05) is 77.2 Å². The number of aryl methyl sites for hydroxylation is 2. The van der Waals surface area contributed by atoms with Crippen molar-refractivity contribution in [1.29, 1.82) is 0 Å². The largest absolute Gasteiger partial charge is 0.491 e. The van der Waals surface area contributed by atoms with Crippen LogP contribution in [0.5, 0.6) is 5.75 Å². The molecule has 0 radical (unpaired) electrons. The first kappa shape index (κ1) is 22.9. The molecule has 0 spiro atoms. The zero-order valence-electron chi connectivity index (χ0n) is 20.7. The maximum atomic E-state index is 13.3. The molecule has 0 saturated heterocycles. The van der Waals surface area contributed by atoms with Crippen LogP contribution in [0.15, 0.2) is 51.8 Å². The molecule has 0 amide bonds. The van der Waals surface area contributed by atoms with Crippen LogP contribution in [0.1, 0.15) is 52.3 Å². The number of benzene rings is 2. The molecule has 5 rings (SSSR count). The van der Waals surface area contributed by atoms with E-state index in [1.54, 1.807) is 9.36 Å². The predicted molar refractivity (Wildman–Crippen MR) is 134 cm³/mol. The molecule has 0 N–H and O–H groups in total. The number of rotatable bonds is 6. The number of carbonyl (C=O) groups excluding carboxylic acids is 1. The number of ether oxygens (including phenoxy) is 1. The summed E-state index contributed by atoms with van der Waals surface area (Å²) in [5.41, 5.74) is 6.10. The van der Waals surface area contributed by atoms with E-state index in [1.165, 1.54) is 0 Å². The Morgan fingerprint density at radius 3 is 2.57 bits per heavy atom. The van der Waals surface area contributed by atoms with E-state index in [0.717, 1.165) is 45.8 Å². The van der Waals surface area contributed by atoms with Crippen molar-refractivity contribution in [1.82, 2.24) is 14.5 Å². The number of Topliss-reactive ketones (excluding diaryl/α,β-unsaturated/α-hetero) is 1. The summed E-state index contributed by atoms with van der Waals surface area (Å²) in [6.45, 7) is 7.86. The van der Waals surface area contributed by atoms with Gasteiger partial charge in [-0.3, -0.25) is 14.3 Å². The van der Waals surface area contributed by atoms with Gasteiger partial charge in [0, 0.05) is 35.9 Å². The van der Waals surface area contributed by atoms with Crippen molar-refractivity contribution >= 4 is 5.78 Å². The first-order valence-corrected chi connectivity index (χ1v) is 11.9. The number of carbonyl (C=O) groups is 1. The second kappa shape index (κ2) is 8.73. The van der Waals surface area contributed by atoms with Crippen LogP contribution < -0.4 is 10.3 Å². The summed E-state index contributed by atoms with van der Waals surface area (Å²) in [7, 11) is 1.83. The summed E-state index contributed by atoms with van der Waals surface area (Å²) in [6, 6.07) is 13.7. The lowest BCUT2D eigenvalue weighted by Gasteiger charge is -2.17. The Hall–Kier alpha value is -3.87. The molecular weight excluding hydrogens is 442 g/mol. The Balaban J connectivity index is 1.45. The molecule has 2 heterocycles. The number of aromatic nitrogens is 3. The third-order valence-corrected chi connectivity index (χ3v) is 6.68. The number of hydrogen-bond acceptors (Lipinski definition) is 5. The van der Waals surface area contributed by atoms with Crippen LogP contribution in [-0.2, 0) is 26.3 Å². The maximum absolute atomic E-state index is 13.3. The van der Waals surface area contributed by atoms with E-state index in [2.05, 4.69) is 5.16 Å². The zero-order valence-corrected chi connectivity index (χ0v) is 20.7. The van der Waals surface area contributed by atoms with Crippen LogP contribution in [0.3, 0.4) is 0 Å². The second-order valence-electron chi connectivity index (χ2n) is 9.46. The van der Waals surface area contributed by atoms with Gasteiger partial charge in [-0.25, -0.2) is 4.68 Å². The highest BCUT2D eigenvalue weighted by Gasteiger charge is 2.29. The third kappa shape index (κ3) is 4.01. The molecule has 2 aromatic heterocycles. The van der Waals surface area contributed by atoms with Crippen molar-refractivity contribution < 1.29 is 14.1 Å². The van der Waals surface area contributed by atoms with E-state index >= 15 is 0 Å². The molecule has 180 valence electrons. The fourth-order valence-electron chi connectivity index (χ4n) is 4.76. The highest BCUT2D eigenvalue weighted by molar-refractivity contribution is 5.98. The Labute approximate surface area is 203 Å². The maximum Gasteiger partial charge on any atom is 0.275 e. The monoisotopic (exact) mass is 471 g/mol. The average molecular weight is 472 g/mol. The van der Waals surface area contributed by atoms with Gasteiger partial charge in [-0.1, -0.05) is 22.9 Å². The molecule has 7 heteroatoms. The molecular formula is C28H29N3O4. The molecule has 2 aromatic carbocycles. The van der Waals surface area contributed by atoms with Gasteiger partial charge in [0.05, 0.1) is 11.8 Å². The molecule has 0 aliphatic heterocycles. The van der Waals surface area contributed by atoms with Crippen molar-refractivity contribution in [2.75, 3.05) is 0 Å². The minimum atomic E-state index is -0.208. The highest BCUT2D eigenvalue weighted by atomic mass is 16.5. The Kier molecular flexibility index (Phi) is 5.71. The van der Waals surface area contributed by atoms with E-state index < -0.39 is 0 Å². The van der Waals surface area contributed by atoms with Crippen molar-refractivity contribution in [3.8, 4) is 22.8 Å². The molecule has 0 atom stereocenters. The summed E-state index contributed by atoms with van der Waals surface area (Å²) in [6.07, 6.45) is 1.49. The lowest BCUT2D eigenvalue weighted by atomic mass is 9.88. The van der Waals surface area contributed by atoms with Gasteiger partial charge in [0.25, 0.3) is 5.56 Å². The molecule has 7 nitrogen and oxygen atoms in total. The summed E-state index contributed by atoms with van der Waals surface area (Å²) in [5, 5.41) is 4.15. The van der Waals surface area contributed by atoms with E-state index in [-0.39, 0.29) is 23.9 Å². The molecule has 0 bridgehead atoms. The van der Waals surface area contributed by atoms with Crippen molar-refractivity contribution in [2.45, 2.75) is 53.1 Å². The molecule has 0 unspecified atom stereocenters. The average Bonchev–Trinajstić information content (AvgIpc) is 3.35. The SMILES string of the molecule is Cc1ccc(-n2c(=O)c(CC(=O)c3noc4c3CCc3cc(OC(C)C)ccc3-4)c(C)n2C)cc1. The fraction of sp³-hybridized carbons (Fsp3) is 0.321. The zero-order chi connectivity index (χ0) is 24.9. The minimum absolute atomic E-state index is 0.0234. The van der Waals surface area contributed by atoms with Crippen LogP contribution in [0.2, 0.25) is 0 Å². The van der Waals surface area contributed by atoms with Crippen LogP contribution in [0.25, 0.3) is 17.0 Å². The van der Waals surface area contributed by atoms with Crippen molar-refractivity contribution in [2.24, 2.45) is 7.05 Å². The van der Waals surface area contributed by atoms with Crippen molar-refractivity contribution in [3.63, 3.8) is 0 Å². The molecule has 35 heavy (non-hydrogen) atoms. The van der Waals surface area contributed by atoms with Crippen LogP contribution in [0.4, 0.5) is 0 Å². The van der Waals surface area contributed by atoms with Crippen LogP contribution >= 0.6 is 0 Å². The second-order valence-corrected chi connectivity index (χ2v) is 9.46. The molecule has 1 aliphatic rings. The van der Waals surface area contributed by atoms with E-state index in [0.29, 0.717) is 23.4 Å². The lowest BCUT2D eigenvalue weighted by Crippen LogP contribution is -2.22. The molecule has 1 aliphatic carbocycles. The van der Waals surface area contributed by atoms with Gasteiger partial charge in [-0.05, 0) is 76.4 Å². The van der Waals surface area contributed by atoms with Gasteiger partial charge in [0.2, 0.25) is 0 Å². The fourth-order valence-corrected chi connectivity index (χ4v) is 4.76. The summed E-state index contributed by atoms with van der Waals surface area (Å²) in [4.78, 5) is 26.6. The summed E-state index contributed by atoms with van der Waals surface area (Å²) < 4.78 is 14.9. The van der Waals surface area contributed by atoms with Crippen LogP contribution in [-0.4, -0.2) is 26.4 Å². The first-order valence-electron chi connectivity index (χ1n) is 11.9. The smallest absolute Gasteiger partial charge is 0.275 e. The quantitative estimate of drug-likeness (QED) is 0.379. The lowest BCUT2D eigenvalue weighted by molar-refractivity contribution is 0.0983. The predicted octanol–water partition coefficient (Wildman–Crippen LogP) is 4.76. The Morgan fingerprint density at radius 2 is 1.86 bits per heavy atom. The van der Waals surface area contributed by atoms with Gasteiger partial charge < -0.3 is 9.26 Å². The summed E-state index contributed by atoms with van der Waals surface area (Å²) >= 11 is 0. The Bertz CT molecular complexity index is 1490. The van der Waals surface area contributed by atoms with Gasteiger partial charge >= 0.3 is 0 Å². The topological polar surface area (TPSA) is 79.3 Å². The third-order valence-electron chi connectivity index (χ3n) is 6.68. The van der Waals surface area contributed by atoms with E-state index in [9.17, 15) is 9.59 Å².